The van der Waals surface area contributed by atoms with Gasteiger partial charge in [0.05, 0.1) is 11.1 Å². The molecule has 3 aromatic heterocycles. The zero-order chi connectivity index (χ0) is 19.6. The van der Waals surface area contributed by atoms with Crippen LogP contribution in [0.15, 0.2) is 45.5 Å². The second-order valence-corrected chi connectivity index (χ2v) is 9.53. The number of rotatable bonds is 6. The van der Waals surface area contributed by atoms with E-state index in [0.29, 0.717) is 21.9 Å². The summed E-state index contributed by atoms with van der Waals surface area (Å²) in [7, 11) is 0. The van der Waals surface area contributed by atoms with Gasteiger partial charge in [-0.25, -0.2) is 4.98 Å². The molecule has 0 radical (unpaired) electrons. The van der Waals surface area contributed by atoms with E-state index in [1.807, 2.05) is 43.7 Å². The Kier molecular flexibility index (Phi) is 5.88. The Bertz CT molecular complexity index is 1030. The van der Waals surface area contributed by atoms with Crippen molar-refractivity contribution in [2.24, 2.45) is 0 Å². The first kappa shape index (κ1) is 19.9. The van der Waals surface area contributed by atoms with Crippen molar-refractivity contribution >= 4 is 50.6 Å². The molecule has 0 unspecified atom stereocenters. The van der Waals surface area contributed by atoms with Crippen LogP contribution in [0.5, 0.6) is 0 Å². The van der Waals surface area contributed by atoms with Gasteiger partial charge in [-0.3, -0.25) is 14.2 Å². The van der Waals surface area contributed by atoms with Crippen LogP contribution in [0, 0.1) is 0 Å². The Labute approximate surface area is 169 Å². The third-order valence-corrected chi connectivity index (χ3v) is 6.22. The van der Waals surface area contributed by atoms with Crippen LogP contribution in [-0.4, -0.2) is 26.9 Å². The monoisotopic (exact) mass is 420 g/mol. The van der Waals surface area contributed by atoms with Gasteiger partial charge in [0.2, 0.25) is 0 Å². The average Bonchev–Trinajstić information content (AvgIpc) is 3.23. The van der Waals surface area contributed by atoms with E-state index in [1.165, 1.54) is 23.1 Å². The highest BCUT2D eigenvalue weighted by molar-refractivity contribution is 7.99. The number of ether oxygens (including phenoxy) is 1. The number of fused-ring (bicyclic) bond motifs is 1. The van der Waals surface area contributed by atoms with Gasteiger partial charge in [0, 0.05) is 22.4 Å². The van der Waals surface area contributed by atoms with Crippen molar-refractivity contribution in [2.45, 2.75) is 38.1 Å². The number of thioether (sulfide) groups is 1. The van der Waals surface area contributed by atoms with Crippen LogP contribution < -0.4 is 5.56 Å². The SMILES string of the molecule is C=CCn1c(SCC(=O)OC(C)(C)C)nc2scc(-c3cccs3)c2c1=O. The van der Waals surface area contributed by atoms with Gasteiger partial charge < -0.3 is 4.74 Å². The van der Waals surface area contributed by atoms with Gasteiger partial charge in [-0.2, -0.15) is 0 Å². The highest BCUT2D eigenvalue weighted by Crippen LogP contribution is 2.34. The van der Waals surface area contributed by atoms with E-state index < -0.39 is 5.60 Å². The normalized spacial score (nSPS) is 11.7. The number of hydrogen-bond donors (Lipinski definition) is 0. The van der Waals surface area contributed by atoms with Crippen LogP contribution >= 0.6 is 34.4 Å². The third kappa shape index (κ3) is 4.51. The molecular formula is C19H20N2O3S3. The minimum atomic E-state index is -0.542. The maximum atomic E-state index is 13.1. The van der Waals surface area contributed by atoms with Crippen molar-refractivity contribution in [1.29, 1.82) is 0 Å². The molecule has 3 rings (SSSR count). The van der Waals surface area contributed by atoms with E-state index in [9.17, 15) is 9.59 Å². The fraction of sp³-hybridized carbons (Fsp3) is 0.316. The van der Waals surface area contributed by atoms with E-state index in [4.69, 9.17) is 4.74 Å². The lowest BCUT2D eigenvalue weighted by molar-refractivity contribution is -0.151. The molecule has 0 spiro atoms. The Hall–Kier alpha value is -1.90. The first-order valence-corrected chi connectivity index (χ1v) is 11.1. The first-order chi connectivity index (χ1) is 12.8. The summed E-state index contributed by atoms with van der Waals surface area (Å²) in [6, 6.07) is 3.96. The van der Waals surface area contributed by atoms with E-state index in [-0.39, 0.29) is 17.3 Å². The molecule has 0 aliphatic heterocycles. The number of thiophene rings is 2. The van der Waals surface area contributed by atoms with Crippen molar-refractivity contribution < 1.29 is 9.53 Å². The molecular weight excluding hydrogens is 400 g/mol. The van der Waals surface area contributed by atoms with Gasteiger partial charge in [0.1, 0.15) is 10.4 Å². The molecule has 0 aliphatic carbocycles. The molecule has 0 saturated carbocycles. The molecule has 0 saturated heterocycles. The predicted octanol–water partition coefficient (Wildman–Crippen LogP) is 4.81. The third-order valence-electron chi connectivity index (χ3n) is 3.50. The molecule has 0 bridgehead atoms. The lowest BCUT2D eigenvalue weighted by Gasteiger charge is -2.19. The van der Waals surface area contributed by atoms with Gasteiger partial charge in [-0.05, 0) is 32.2 Å². The fourth-order valence-corrected chi connectivity index (χ4v) is 5.10. The standard InChI is InChI=1S/C19H20N2O3S3/c1-5-8-21-17(23)15-12(13-7-6-9-25-13)10-26-16(15)20-18(21)27-11-14(22)24-19(2,3)4/h5-7,9-10H,1,8,11H2,2-4H3. The van der Waals surface area contributed by atoms with Crippen LogP contribution in [-0.2, 0) is 16.1 Å². The topological polar surface area (TPSA) is 61.2 Å². The first-order valence-electron chi connectivity index (χ1n) is 8.31. The summed E-state index contributed by atoms with van der Waals surface area (Å²) in [6.07, 6.45) is 1.66. The van der Waals surface area contributed by atoms with E-state index in [0.717, 1.165) is 10.4 Å². The largest absolute Gasteiger partial charge is 0.459 e. The highest BCUT2D eigenvalue weighted by Gasteiger charge is 2.20. The van der Waals surface area contributed by atoms with Crippen LogP contribution in [0.4, 0.5) is 0 Å². The Morgan fingerprint density at radius 1 is 1.41 bits per heavy atom. The highest BCUT2D eigenvalue weighted by atomic mass is 32.2. The summed E-state index contributed by atoms with van der Waals surface area (Å²) in [5.74, 6) is -0.243. The van der Waals surface area contributed by atoms with Crippen molar-refractivity contribution in [3.63, 3.8) is 0 Å². The van der Waals surface area contributed by atoms with Crippen molar-refractivity contribution in [3.05, 3.63) is 45.9 Å². The Morgan fingerprint density at radius 3 is 2.81 bits per heavy atom. The molecule has 8 heteroatoms. The zero-order valence-electron chi connectivity index (χ0n) is 15.4. The number of carbonyl (C=O) groups excluding carboxylic acids is 1. The summed E-state index contributed by atoms with van der Waals surface area (Å²) in [5, 5.41) is 5.06. The van der Waals surface area contributed by atoms with Gasteiger partial charge in [-0.1, -0.05) is 23.9 Å². The maximum Gasteiger partial charge on any atom is 0.316 e. The molecule has 3 aromatic rings. The summed E-state index contributed by atoms with van der Waals surface area (Å²) >= 11 is 4.24. The summed E-state index contributed by atoms with van der Waals surface area (Å²) < 4.78 is 6.90. The number of nitrogens with zero attached hydrogens (tertiary/aromatic N) is 2. The van der Waals surface area contributed by atoms with Gasteiger partial charge in [-0.15, -0.1) is 29.3 Å². The number of allylic oxidation sites excluding steroid dienone is 1. The number of esters is 1. The molecule has 0 aliphatic rings. The fourth-order valence-electron chi connectivity index (χ4n) is 2.51. The lowest BCUT2D eigenvalue weighted by atomic mass is 10.2. The maximum absolute atomic E-state index is 13.1. The van der Waals surface area contributed by atoms with Crippen LogP contribution in [0.25, 0.3) is 20.7 Å². The molecule has 0 amide bonds. The Morgan fingerprint density at radius 2 is 2.19 bits per heavy atom. The smallest absolute Gasteiger partial charge is 0.316 e. The molecule has 5 nitrogen and oxygen atoms in total. The molecule has 0 fully saturated rings. The quantitative estimate of drug-likeness (QED) is 0.248. The summed E-state index contributed by atoms with van der Waals surface area (Å²) in [6.45, 7) is 9.54. The van der Waals surface area contributed by atoms with Crippen LogP contribution in [0.2, 0.25) is 0 Å². The molecule has 142 valence electrons. The van der Waals surface area contributed by atoms with Gasteiger partial charge in [0.25, 0.3) is 5.56 Å². The lowest BCUT2D eigenvalue weighted by Crippen LogP contribution is -2.26. The second kappa shape index (κ2) is 8.00. The van der Waals surface area contributed by atoms with Crippen LogP contribution in [0.1, 0.15) is 20.8 Å². The summed E-state index contributed by atoms with van der Waals surface area (Å²) in [4.78, 5) is 31.5. The van der Waals surface area contributed by atoms with E-state index in [1.54, 1.807) is 22.0 Å². The number of aromatic nitrogens is 2. The summed E-state index contributed by atoms with van der Waals surface area (Å²) in [5.41, 5.74) is 0.249. The molecule has 0 aromatic carbocycles. The zero-order valence-corrected chi connectivity index (χ0v) is 17.8. The van der Waals surface area contributed by atoms with Gasteiger partial charge >= 0.3 is 5.97 Å². The molecule has 3 heterocycles. The van der Waals surface area contributed by atoms with Crippen molar-refractivity contribution in [1.82, 2.24) is 9.55 Å². The minimum absolute atomic E-state index is 0.0928. The van der Waals surface area contributed by atoms with Crippen molar-refractivity contribution in [3.8, 4) is 10.4 Å². The van der Waals surface area contributed by atoms with Gasteiger partial charge in [0.15, 0.2) is 5.16 Å². The van der Waals surface area contributed by atoms with E-state index >= 15 is 0 Å². The molecule has 27 heavy (non-hydrogen) atoms. The molecule has 0 N–H and O–H groups in total. The average molecular weight is 421 g/mol. The Balaban J connectivity index is 1.98. The minimum Gasteiger partial charge on any atom is -0.459 e. The number of carbonyl (C=O) groups is 1. The van der Waals surface area contributed by atoms with Crippen molar-refractivity contribution in [2.75, 3.05) is 5.75 Å². The number of hydrogen-bond acceptors (Lipinski definition) is 7. The predicted molar refractivity (Wildman–Crippen MR) is 114 cm³/mol. The van der Waals surface area contributed by atoms with E-state index in [2.05, 4.69) is 11.6 Å². The molecule has 0 atom stereocenters. The van der Waals surface area contributed by atoms with Crippen LogP contribution in [0.3, 0.4) is 0 Å². The second-order valence-electron chi connectivity index (χ2n) is 6.78.